The van der Waals surface area contributed by atoms with Crippen LogP contribution in [0.25, 0.3) is 0 Å². The fourth-order valence-corrected chi connectivity index (χ4v) is 2.82. The van der Waals surface area contributed by atoms with E-state index in [2.05, 4.69) is 15.7 Å². The summed E-state index contributed by atoms with van der Waals surface area (Å²) in [6.07, 6.45) is 1.40. The number of nitrogens with one attached hydrogen (secondary N) is 2. The van der Waals surface area contributed by atoms with E-state index in [9.17, 15) is 14.0 Å². The third-order valence-corrected chi connectivity index (χ3v) is 3.72. The van der Waals surface area contributed by atoms with Crippen molar-refractivity contribution in [2.45, 2.75) is 33.2 Å². The number of hydrogen-bond acceptors (Lipinski definition) is 3. The fraction of sp³-hybridized carbons (Fsp3) is 0.533. The van der Waals surface area contributed by atoms with E-state index in [-0.39, 0.29) is 18.0 Å². The number of amides is 2. The number of rotatable bonds is 4. The molecule has 7 nitrogen and oxygen atoms in total. The van der Waals surface area contributed by atoms with Crippen molar-refractivity contribution in [3.63, 3.8) is 0 Å². The minimum atomic E-state index is -1.23. The molecule has 1 aliphatic heterocycles. The zero-order valence-corrected chi connectivity index (χ0v) is 13.4. The van der Waals surface area contributed by atoms with E-state index < -0.39 is 17.6 Å². The lowest BCUT2D eigenvalue weighted by Gasteiger charge is -2.32. The van der Waals surface area contributed by atoms with Crippen molar-refractivity contribution in [1.82, 2.24) is 20.4 Å². The Kier molecular flexibility index (Phi) is 4.72. The van der Waals surface area contributed by atoms with E-state index >= 15 is 0 Å². The third-order valence-electron chi connectivity index (χ3n) is 3.72. The fourth-order valence-electron chi connectivity index (χ4n) is 2.82. The first-order chi connectivity index (χ1) is 10.7. The number of nitrogens with zero attached hydrogens (tertiary/aromatic N) is 2. The predicted octanol–water partition coefficient (Wildman–Crippen LogP) is 1.88. The second-order valence-electron chi connectivity index (χ2n) is 6.59. The van der Waals surface area contributed by atoms with Crippen LogP contribution >= 0.6 is 0 Å². The maximum atomic E-state index is 13.4. The van der Waals surface area contributed by atoms with Crippen LogP contribution in [-0.4, -0.2) is 40.0 Å². The Balaban J connectivity index is 2.39. The second-order valence-corrected chi connectivity index (χ2v) is 6.59. The average Bonchev–Trinajstić information content (AvgIpc) is 2.86. The van der Waals surface area contributed by atoms with Crippen LogP contribution in [0.1, 0.15) is 42.9 Å². The Hall–Kier alpha value is -2.38. The molecule has 3 N–H and O–H groups in total. The van der Waals surface area contributed by atoms with Crippen molar-refractivity contribution < 1.29 is 19.1 Å². The monoisotopic (exact) mass is 324 g/mol. The number of hydrogen-bond donors (Lipinski definition) is 3. The maximum absolute atomic E-state index is 13.4. The average molecular weight is 324 g/mol. The SMILES string of the molecule is CC(C)(C)C(/C(=C/F)CNC(=O)O)n1cc2c(n1)CCNC2=O. The molecule has 23 heavy (non-hydrogen) atoms. The number of fused-ring (bicyclic) bond motifs is 1. The lowest BCUT2D eigenvalue weighted by Crippen LogP contribution is -2.33. The molecule has 0 saturated heterocycles. The molecule has 2 rings (SSSR count). The second kappa shape index (κ2) is 6.39. The first-order valence-electron chi connectivity index (χ1n) is 7.36. The van der Waals surface area contributed by atoms with Gasteiger partial charge in [0.2, 0.25) is 0 Å². The molecule has 1 aromatic heterocycles. The van der Waals surface area contributed by atoms with Crippen molar-refractivity contribution in [3.05, 3.63) is 29.4 Å². The van der Waals surface area contributed by atoms with Crippen LogP contribution in [0.3, 0.4) is 0 Å². The molecule has 0 radical (unpaired) electrons. The Morgan fingerprint density at radius 3 is 2.83 bits per heavy atom. The van der Waals surface area contributed by atoms with Crippen molar-refractivity contribution in [1.29, 1.82) is 0 Å². The summed E-state index contributed by atoms with van der Waals surface area (Å²) in [5.41, 5.74) is 0.978. The van der Waals surface area contributed by atoms with Gasteiger partial charge in [0.15, 0.2) is 0 Å². The van der Waals surface area contributed by atoms with E-state index in [1.54, 1.807) is 10.9 Å². The van der Waals surface area contributed by atoms with E-state index in [0.29, 0.717) is 30.6 Å². The quantitative estimate of drug-likeness (QED) is 0.788. The van der Waals surface area contributed by atoms with Crippen molar-refractivity contribution in [3.8, 4) is 0 Å². The van der Waals surface area contributed by atoms with Crippen molar-refractivity contribution in [2.24, 2.45) is 5.41 Å². The zero-order chi connectivity index (χ0) is 17.2. The van der Waals surface area contributed by atoms with Gasteiger partial charge < -0.3 is 15.7 Å². The standard InChI is InChI=1S/C15H21FN4O3/c1-15(2,3)12(9(6-16)7-18-14(22)23)20-8-10-11(19-20)4-5-17-13(10)21/h6,8,12,18H,4-5,7H2,1-3H3,(H,17,21)(H,22,23)/b9-6+. The number of carboxylic acid groups (broad SMARTS) is 1. The van der Waals surface area contributed by atoms with Crippen LogP contribution in [0.4, 0.5) is 9.18 Å². The minimum Gasteiger partial charge on any atom is -0.465 e. The van der Waals surface area contributed by atoms with Crippen LogP contribution < -0.4 is 10.6 Å². The van der Waals surface area contributed by atoms with Gasteiger partial charge in [-0.05, 0) is 5.41 Å². The molecule has 1 aliphatic rings. The molecule has 0 spiro atoms. The molecule has 1 aromatic rings. The first-order valence-corrected chi connectivity index (χ1v) is 7.36. The van der Waals surface area contributed by atoms with Gasteiger partial charge in [-0.25, -0.2) is 9.18 Å². The first kappa shape index (κ1) is 17.0. The van der Waals surface area contributed by atoms with Crippen LogP contribution in [0.15, 0.2) is 18.1 Å². The molecule has 2 amide bonds. The topological polar surface area (TPSA) is 96.2 Å². The van der Waals surface area contributed by atoms with Crippen molar-refractivity contribution >= 4 is 12.0 Å². The smallest absolute Gasteiger partial charge is 0.404 e. The van der Waals surface area contributed by atoms with Crippen LogP contribution in [0.2, 0.25) is 0 Å². The summed E-state index contributed by atoms with van der Waals surface area (Å²) in [7, 11) is 0. The summed E-state index contributed by atoms with van der Waals surface area (Å²) in [4.78, 5) is 22.6. The highest BCUT2D eigenvalue weighted by Crippen LogP contribution is 2.36. The molecule has 1 unspecified atom stereocenters. The number of halogens is 1. The molecule has 0 aromatic carbocycles. The summed E-state index contributed by atoms with van der Waals surface area (Å²) in [5, 5.41) is 18.1. The predicted molar refractivity (Wildman–Crippen MR) is 82.0 cm³/mol. The Bertz CT molecular complexity index is 646. The highest BCUT2D eigenvalue weighted by molar-refractivity contribution is 5.96. The lowest BCUT2D eigenvalue weighted by atomic mass is 9.82. The molecule has 126 valence electrons. The molecular formula is C15H21FN4O3. The van der Waals surface area contributed by atoms with E-state index in [1.165, 1.54) is 0 Å². The zero-order valence-electron chi connectivity index (χ0n) is 13.4. The summed E-state index contributed by atoms with van der Waals surface area (Å²) < 4.78 is 15.0. The van der Waals surface area contributed by atoms with E-state index in [4.69, 9.17) is 5.11 Å². The van der Waals surface area contributed by atoms with Crippen molar-refractivity contribution in [2.75, 3.05) is 13.1 Å². The van der Waals surface area contributed by atoms with E-state index in [1.807, 2.05) is 20.8 Å². The highest BCUT2D eigenvalue weighted by Gasteiger charge is 2.33. The van der Waals surface area contributed by atoms with Gasteiger partial charge in [0, 0.05) is 31.3 Å². The van der Waals surface area contributed by atoms with Gasteiger partial charge in [-0.3, -0.25) is 9.48 Å². The van der Waals surface area contributed by atoms with Gasteiger partial charge in [0.1, 0.15) is 0 Å². The molecule has 8 heteroatoms. The lowest BCUT2D eigenvalue weighted by molar-refractivity contribution is 0.0945. The minimum absolute atomic E-state index is 0.148. The van der Waals surface area contributed by atoms with Crippen LogP contribution in [0.5, 0.6) is 0 Å². The molecule has 2 heterocycles. The maximum Gasteiger partial charge on any atom is 0.404 e. The van der Waals surface area contributed by atoms with E-state index in [0.717, 1.165) is 0 Å². The van der Waals surface area contributed by atoms with Gasteiger partial charge in [-0.15, -0.1) is 0 Å². The van der Waals surface area contributed by atoms with Gasteiger partial charge >= 0.3 is 6.09 Å². The highest BCUT2D eigenvalue weighted by atomic mass is 19.1. The summed E-state index contributed by atoms with van der Waals surface area (Å²) in [5.74, 6) is -0.195. The third kappa shape index (κ3) is 3.69. The van der Waals surface area contributed by atoms with Crippen LogP contribution in [0, 0.1) is 5.41 Å². The Morgan fingerprint density at radius 2 is 2.30 bits per heavy atom. The summed E-state index contributed by atoms with van der Waals surface area (Å²) in [6, 6.07) is -0.516. The molecular weight excluding hydrogens is 303 g/mol. The summed E-state index contributed by atoms with van der Waals surface area (Å²) in [6.45, 7) is 6.09. The van der Waals surface area contributed by atoms with Gasteiger partial charge in [0.05, 0.1) is 23.6 Å². The molecule has 0 bridgehead atoms. The Labute approximate surface area is 133 Å². The molecule has 1 atom stereocenters. The number of carbonyl (C=O) groups excluding carboxylic acids is 1. The van der Waals surface area contributed by atoms with Gasteiger partial charge in [-0.2, -0.15) is 5.10 Å². The number of aromatic nitrogens is 2. The Morgan fingerprint density at radius 1 is 1.61 bits per heavy atom. The van der Waals surface area contributed by atoms with Gasteiger partial charge in [-0.1, -0.05) is 20.8 Å². The van der Waals surface area contributed by atoms with Crippen LogP contribution in [-0.2, 0) is 6.42 Å². The molecule has 0 saturated carbocycles. The normalized spacial score (nSPS) is 16.5. The van der Waals surface area contributed by atoms with Gasteiger partial charge in [0.25, 0.3) is 5.91 Å². The number of carbonyl (C=O) groups is 2. The molecule has 0 fully saturated rings. The molecule has 0 aliphatic carbocycles. The largest absolute Gasteiger partial charge is 0.465 e. The summed E-state index contributed by atoms with van der Waals surface area (Å²) >= 11 is 0.